The molecule has 1 atom stereocenters. The molecule has 1 aromatic rings. The van der Waals surface area contributed by atoms with Crippen molar-refractivity contribution < 1.29 is 13.2 Å². The van der Waals surface area contributed by atoms with Crippen molar-refractivity contribution in [2.45, 2.75) is 83.5 Å². The smallest absolute Gasteiger partial charge is 0.129 e. The molecule has 1 unspecified atom stereocenters. The number of hydrogen-bond donors (Lipinski definition) is 0. The molecule has 0 N–H and O–H groups in total. The van der Waals surface area contributed by atoms with Gasteiger partial charge in [-0.05, 0) is 93.2 Å². The third kappa shape index (κ3) is 4.72. The zero-order valence-corrected chi connectivity index (χ0v) is 15.9. The third-order valence-corrected chi connectivity index (χ3v) is 6.45. The van der Waals surface area contributed by atoms with Crippen molar-refractivity contribution in [1.82, 2.24) is 0 Å². The molecule has 0 spiro atoms. The van der Waals surface area contributed by atoms with Crippen LogP contribution in [0.1, 0.15) is 88.2 Å². The maximum atomic E-state index is 14.6. The number of rotatable bonds is 6. The lowest BCUT2D eigenvalue weighted by atomic mass is 9.70. The van der Waals surface area contributed by atoms with Crippen LogP contribution in [-0.2, 0) is 6.42 Å². The molecule has 2 aliphatic carbocycles. The minimum Gasteiger partial charge on any atom is -0.212 e. The Balaban J connectivity index is 1.60. The van der Waals surface area contributed by atoms with Gasteiger partial charge >= 0.3 is 0 Å². The Hall–Kier alpha value is -1.25. The molecule has 144 valence electrons. The Morgan fingerprint density at radius 2 is 1.58 bits per heavy atom. The van der Waals surface area contributed by atoms with Gasteiger partial charge in [-0.1, -0.05) is 25.8 Å². The van der Waals surface area contributed by atoms with Crippen molar-refractivity contribution in [3.05, 3.63) is 46.8 Å². The highest BCUT2D eigenvalue weighted by molar-refractivity contribution is 5.29. The summed E-state index contributed by atoms with van der Waals surface area (Å²) in [7, 11) is 0. The first-order valence-electron chi connectivity index (χ1n) is 10.4. The van der Waals surface area contributed by atoms with Crippen LogP contribution in [0.4, 0.5) is 13.2 Å². The molecule has 1 saturated carbocycles. The molecule has 3 rings (SSSR count). The number of benzene rings is 1. The molecule has 0 aliphatic heterocycles. The van der Waals surface area contributed by atoms with E-state index in [0.29, 0.717) is 23.8 Å². The minimum atomic E-state index is -0.359. The van der Waals surface area contributed by atoms with E-state index in [1.54, 1.807) is 18.2 Å². The van der Waals surface area contributed by atoms with Gasteiger partial charge in [0.25, 0.3) is 0 Å². The largest absolute Gasteiger partial charge is 0.212 e. The third-order valence-electron chi connectivity index (χ3n) is 6.45. The predicted octanol–water partition coefficient (Wildman–Crippen LogP) is 7.62. The summed E-state index contributed by atoms with van der Waals surface area (Å²) < 4.78 is 42.4. The number of unbranched alkanes of at least 4 members (excludes halogenated alkanes) is 2. The minimum absolute atomic E-state index is 0.00758. The van der Waals surface area contributed by atoms with Crippen LogP contribution in [-0.4, -0.2) is 0 Å². The standard InChI is InChI=1S/C23H31F3/c1-2-3-4-5-16-14-21(25)23(22(26)15-16)19-8-6-17(7-9-19)18-10-12-20(24)13-11-18/h12,14-15,17-19H,2-11,13H2,1H3/t17-,18?,19-. The monoisotopic (exact) mass is 364 g/mol. The molecule has 1 fully saturated rings. The molecule has 0 nitrogen and oxygen atoms in total. The van der Waals surface area contributed by atoms with Crippen LogP contribution < -0.4 is 0 Å². The number of halogens is 3. The second-order valence-corrected chi connectivity index (χ2v) is 8.23. The average molecular weight is 364 g/mol. The van der Waals surface area contributed by atoms with Crippen LogP contribution in [0, 0.1) is 23.5 Å². The van der Waals surface area contributed by atoms with Crippen LogP contribution >= 0.6 is 0 Å². The van der Waals surface area contributed by atoms with E-state index in [9.17, 15) is 13.2 Å². The predicted molar refractivity (Wildman–Crippen MR) is 101 cm³/mol. The highest BCUT2D eigenvalue weighted by atomic mass is 19.1. The Bertz CT molecular complexity index is 603. The fraction of sp³-hybridized carbons (Fsp3) is 0.652. The first-order chi connectivity index (χ1) is 12.6. The van der Waals surface area contributed by atoms with Crippen molar-refractivity contribution in [3.8, 4) is 0 Å². The van der Waals surface area contributed by atoms with E-state index in [0.717, 1.165) is 69.8 Å². The number of aryl methyl sites for hydroxylation is 1. The highest BCUT2D eigenvalue weighted by Gasteiger charge is 2.31. The summed E-state index contributed by atoms with van der Waals surface area (Å²) in [5, 5.41) is 0. The van der Waals surface area contributed by atoms with Crippen molar-refractivity contribution in [2.75, 3.05) is 0 Å². The Morgan fingerprint density at radius 3 is 2.15 bits per heavy atom. The van der Waals surface area contributed by atoms with Gasteiger partial charge in [-0.15, -0.1) is 0 Å². The van der Waals surface area contributed by atoms with Crippen molar-refractivity contribution in [3.63, 3.8) is 0 Å². The fourth-order valence-electron chi connectivity index (χ4n) is 4.88. The summed E-state index contributed by atoms with van der Waals surface area (Å²) in [5.41, 5.74) is 1.08. The molecule has 0 saturated heterocycles. The van der Waals surface area contributed by atoms with Gasteiger partial charge < -0.3 is 0 Å². The first-order valence-corrected chi connectivity index (χ1v) is 10.4. The lowest BCUT2D eigenvalue weighted by Crippen LogP contribution is -2.23. The summed E-state index contributed by atoms with van der Waals surface area (Å²) in [6.45, 7) is 2.13. The fourth-order valence-corrected chi connectivity index (χ4v) is 4.88. The molecule has 0 bridgehead atoms. The highest BCUT2D eigenvalue weighted by Crippen LogP contribution is 2.43. The first kappa shape index (κ1) is 19.5. The lowest BCUT2D eigenvalue weighted by Gasteiger charge is -2.35. The lowest BCUT2D eigenvalue weighted by molar-refractivity contribution is 0.210. The Morgan fingerprint density at radius 1 is 0.885 bits per heavy atom. The second-order valence-electron chi connectivity index (χ2n) is 8.23. The normalized spacial score (nSPS) is 26.6. The van der Waals surface area contributed by atoms with E-state index < -0.39 is 0 Å². The van der Waals surface area contributed by atoms with E-state index in [1.165, 1.54) is 0 Å². The molecular formula is C23H31F3. The van der Waals surface area contributed by atoms with Crippen molar-refractivity contribution >= 4 is 0 Å². The molecule has 0 amide bonds. The summed E-state index contributed by atoms with van der Waals surface area (Å²) in [6.07, 6.45) is 11.7. The summed E-state index contributed by atoms with van der Waals surface area (Å²) >= 11 is 0. The van der Waals surface area contributed by atoms with Gasteiger partial charge in [0.2, 0.25) is 0 Å². The summed E-state index contributed by atoms with van der Waals surface area (Å²) in [6, 6.07) is 3.10. The van der Waals surface area contributed by atoms with Gasteiger partial charge in [-0.2, -0.15) is 0 Å². The zero-order chi connectivity index (χ0) is 18.5. The molecule has 0 radical (unpaired) electrons. The van der Waals surface area contributed by atoms with Gasteiger partial charge in [0.15, 0.2) is 0 Å². The maximum Gasteiger partial charge on any atom is 0.129 e. The van der Waals surface area contributed by atoms with Crippen LogP contribution in [0.3, 0.4) is 0 Å². The Labute approximate surface area is 155 Å². The van der Waals surface area contributed by atoms with Crippen LogP contribution in [0.25, 0.3) is 0 Å². The number of allylic oxidation sites excluding steroid dienone is 2. The van der Waals surface area contributed by atoms with Gasteiger partial charge in [-0.25, -0.2) is 13.2 Å². The van der Waals surface area contributed by atoms with E-state index in [-0.39, 0.29) is 23.4 Å². The van der Waals surface area contributed by atoms with Gasteiger partial charge in [-0.3, -0.25) is 0 Å². The molecule has 0 heterocycles. The summed E-state index contributed by atoms with van der Waals surface area (Å²) in [5.74, 6) is 0.427. The van der Waals surface area contributed by atoms with E-state index in [1.807, 2.05) is 0 Å². The quantitative estimate of drug-likeness (QED) is 0.455. The molecule has 3 heteroatoms. The summed E-state index contributed by atoms with van der Waals surface area (Å²) in [4.78, 5) is 0. The molecule has 2 aliphatic rings. The van der Waals surface area contributed by atoms with E-state index >= 15 is 0 Å². The van der Waals surface area contributed by atoms with Gasteiger partial charge in [0, 0.05) is 5.56 Å². The molecule has 0 aromatic heterocycles. The molecular weight excluding hydrogens is 333 g/mol. The van der Waals surface area contributed by atoms with Crippen molar-refractivity contribution in [2.24, 2.45) is 11.8 Å². The molecule has 1 aromatic carbocycles. The second kappa shape index (κ2) is 9.10. The zero-order valence-electron chi connectivity index (χ0n) is 15.9. The van der Waals surface area contributed by atoms with Crippen LogP contribution in [0.2, 0.25) is 0 Å². The number of hydrogen-bond acceptors (Lipinski definition) is 0. The van der Waals surface area contributed by atoms with Gasteiger partial charge in [0.05, 0.1) is 5.83 Å². The van der Waals surface area contributed by atoms with Crippen LogP contribution in [0.15, 0.2) is 24.0 Å². The topological polar surface area (TPSA) is 0 Å². The van der Waals surface area contributed by atoms with Crippen molar-refractivity contribution in [1.29, 1.82) is 0 Å². The van der Waals surface area contributed by atoms with Gasteiger partial charge in [0.1, 0.15) is 11.6 Å². The maximum absolute atomic E-state index is 14.6. The Kier molecular flexibility index (Phi) is 6.83. The molecule has 26 heavy (non-hydrogen) atoms. The van der Waals surface area contributed by atoms with Crippen LogP contribution in [0.5, 0.6) is 0 Å². The van der Waals surface area contributed by atoms with E-state index in [4.69, 9.17) is 0 Å². The average Bonchev–Trinajstić information content (AvgIpc) is 2.63. The SMILES string of the molecule is CCCCCc1cc(F)c([C@H]2CC[C@H](C3CC=C(F)CC3)CC2)c(F)c1. The van der Waals surface area contributed by atoms with E-state index in [2.05, 4.69) is 6.92 Å².